The highest BCUT2D eigenvalue weighted by atomic mass is 32.1. The van der Waals surface area contributed by atoms with Crippen LogP contribution in [0.2, 0.25) is 0 Å². The maximum Gasteiger partial charge on any atom is 0.0738 e. The molecule has 1 N–H and O–H groups in total. The zero-order chi connectivity index (χ0) is 14.7. The second-order valence-corrected chi connectivity index (χ2v) is 7.39. The van der Waals surface area contributed by atoms with Crippen LogP contribution < -0.4 is 5.32 Å². The largest absolute Gasteiger partial charge is 0.373 e. The third-order valence-electron chi connectivity index (χ3n) is 4.22. The summed E-state index contributed by atoms with van der Waals surface area (Å²) in [6, 6.07) is 9.22. The lowest BCUT2D eigenvalue weighted by Gasteiger charge is -2.13. The van der Waals surface area contributed by atoms with Gasteiger partial charge in [-0.1, -0.05) is 44.9 Å². The molecule has 3 heteroatoms. The van der Waals surface area contributed by atoms with E-state index in [1.54, 1.807) is 0 Å². The summed E-state index contributed by atoms with van der Waals surface area (Å²) in [5, 5.41) is 4.92. The molecule has 0 saturated heterocycles. The zero-order valence-corrected chi connectivity index (χ0v) is 13.8. The third-order valence-corrected chi connectivity index (χ3v) is 5.43. The molecule has 0 atom stereocenters. The first-order valence-corrected chi connectivity index (χ1v) is 8.90. The van der Waals surface area contributed by atoms with Crippen LogP contribution in [-0.4, -0.2) is 12.1 Å². The first-order chi connectivity index (χ1) is 10.2. The Morgan fingerprint density at radius 1 is 1.24 bits per heavy atom. The maximum atomic E-state index is 6.18. The molecule has 114 valence electrons. The van der Waals surface area contributed by atoms with Gasteiger partial charge in [0.15, 0.2) is 0 Å². The lowest BCUT2D eigenvalue weighted by atomic mass is 10.1. The number of benzene rings is 1. The number of hydrogen-bond acceptors (Lipinski definition) is 3. The summed E-state index contributed by atoms with van der Waals surface area (Å²) in [5.74, 6) is 0. The Labute approximate surface area is 131 Å². The summed E-state index contributed by atoms with van der Waals surface area (Å²) < 4.78 is 7.56. The molecule has 2 nitrogen and oxygen atoms in total. The number of ether oxygens (including phenoxy) is 1. The highest BCUT2D eigenvalue weighted by molar-refractivity contribution is 7.19. The topological polar surface area (TPSA) is 21.3 Å². The van der Waals surface area contributed by atoms with E-state index < -0.39 is 0 Å². The molecule has 1 aliphatic rings. The predicted molar refractivity (Wildman–Crippen MR) is 90.8 cm³/mol. The molecule has 2 aromatic rings. The first-order valence-electron chi connectivity index (χ1n) is 8.08. The van der Waals surface area contributed by atoms with E-state index in [4.69, 9.17) is 4.74 Å². The van der Waals surface area contributed by atoms with Gasteiger partial charge in [-0.3, -0.25) is 0 Å². The highest BCUT2D eigenvalue weighted by Crippen LogP contribution is 2.33. The molecule has 0 spiro atoms. The minimum absolute atomic E-state index is 0.481. The van der Waals surface area contributed by atoms with E-state index in [9.17, 15) is 0 Å². The van der Waals surface area contributed by atoms with Crippen molar-refractivity contribution in [1.29, 1.82) is 0 Å². The van der Waals surface area contributed by atoms with Crippen molar-refractivity contribution in [3.8, 4) is 0 Å². The second kappa shape index (κ2) is 6.91. The number of rotatable bonds is 6. The van der Waals surface area contributed by atoms with E-state index in [0.717, 1.165) is 13.2 Å². The molecule has 0 unspecified atom stereocenters. The molecule has 21 heavy (non-hydrogen) atoms. The summed E-state index contributed by atoms with van der Waals surface area (Å²) in [4.78, 5) is 1.43. The van der Waals surface area contributed by atoms with Crippen LogP contribution in [0.4, 0.5) is 0 Å². The smallest absolute Gasteiger partial charge is 0.0738 e. The van der Waals surface area contributed by atoms with Gasteiger partial charge in [0, 0.05) is 27.7 Å². The Bertz CT molecular complexity index is 584. The van der Waals surface area contributed by atoms with Crippen molar-refractivity contribution in [2.24, 2.45) is 0 Å². The van der Waals surface area contributed by atoms with Crippen LogP contribution >= 0.6 is 11.3 Å². The van der Waals surface area contributed by atoms with Crippen molar-refractivity contribution < 1.29 is 4.74 Å². The van der Waals surface area contributed by atoms with E-state index in [1.165, 1.54) is 46.2 Å². The normalized spacial score (nSPS) is 16.3. The Morgan fingerprint density at radius 2 is 2.00 bits per heavy atom. The first kappa shape index (κ1) is 15.0. The number of nitrogens with one attached hydrogen (secondary N) is 1. The van der Waals surface area contributed by atoms with E-state index >= 15 is 0 Å². The molecule has 3 rings (SSSR count). The molecule has 0 aliphatic heterocycles. The predicted octanol–water partition coefficient (Wildman–Crippen LogP) is 4.86. The van der Waals surface area contributed by atoms with Crippen molar-refractivity contribution in [3.05, 3.63) is 34.7 Å². The van der Waals surface area contributed by atoms with Crippen LogP contribution in [0.15, 0.2) is 24.3 Å². The Hall–Kier alpha value is -0.900. The van der Waals surface area contributed by atoms with E-state index in [1.807, 2.05) is 11.3 Å². The van der Waals surface area contributed by atoms with Crippen molar-refractivity contribution in [3.63, 3.8) is 0 Å². The lowest BCUT2D eigenvalue weighted by Crippen LogP contribution is -2.22. The third kappa shape index (κ3) is 3.65. The Balaban J connectivity index is 1.80. The van der Waals surface area contributed by atoms with Gasteiger partial charge in [0.25, 0.3) is 0 Å². The van der Waals surface area contributed by atoms with Gasteiger partial charge in [0.2, 0.25) is 0 Å². The quantitative estimate of drug-likeness (QED) is 0.823. The van der Waals surface area contributed by atoms with Gasteiger partial charge in [0.1, 0.15) is 0 Å². The van der Waals surface area contributed by atoms with Crippen LogP contribution in [0, 0.1) is 0 Å². The molecule has 0 bridgehead atoms. The Kier molecular flexibility index (Phi) is 4.94. The molecule has 1 saturated carbocycles. The van der Waals surface area contributed by atoms with Gasteiger partial charge >= 0.3 is 0 Å². The minimum atomic E-state index is 0.481. The molecule has 0 radical (unpaired) electrons. The molecule has 0 amide bonds. The van der Waals surface area contributed by atoms with Gasteiger partial charge in [-0.25, -0.2) is 0 Å². The molecule has 1 aromatic heterocycles. The van der Waals surface area contributed by atoms with Gasteiger partial charge in [-0.05, 0) is 24.3 Å². The van der Waals surface area contributed by atoms with Gasteiger partial charge in [-0.15, -0.1) is 11.3 Å². The van der Waals surface area contributed by atoms with Crippen molar-refractivity contribution >= 4 is 21.4 Å². The lowest BCUT2D eigenvalue weighted by molar-refractivity contribution is 0.0461. The summed E-state index contributed by atoms with van der Waals surface area (Å²) in [7, 11) is 0. The zero-order valence-electron chi connectivity index (χ0n) is 13.0. The molecule has 1 heterocycles. The van der Waals surface area contributed by atoms with Crippen LogP contribution in [0.3, 0.4) is 0 Å². The van der Waals surface area contributed by atoms with Crippen molar-refractivity contribution in [2.45, 2.75) is 64.8 Å². The minimum Gasteiger partial charge on any atom is -0.373 e. The number of fused-ring (bicyclic) bond motifs is 1. The maximum absolute atomic E-state index is 6.18. The summed E-state index contributed by atoms with van der Waals surface area (Å²) >= 11 is 1.91. The molecular formula is C18H25NOS. The second-order valence-electron chi connectivity index (χ2n) is 6.25. The van der Waals surface area contributed by atoms with E-state index in [2.05, 4.69) is 43.4 Å². The number of thiophene rings is 1. The number of hydrogen-bond donors (Lipinski definition) is 1. The van der Waals surface area contributed by atoms with Gasteiger partial charge in [-0.2, -0.15) is 0 Å². The van der Waals surface area contributed by atoms with Crippen LogP contribution in [0.5, 0.6) is 0 Å². The SMILES string of the molecule is CC(C)NCc1sc2ccccc2c1COC1CCCC1. The van der Waals surface area contributed by atoms with Crippen molar-refractivity contribution in [1.82, 2.24) is 5.32 Å². The van der Waals surface area contributed by atoms with E-state index in [-0.39, 0.29) is 0 Å². The summed E-state index contributed by atoms with van der Waals surface area (Å²) in [6.07, 6.45) is 5.62. The van der Waals surface area contributed by atoms with Gasteiger partial charge in [0.05, 0.1) is 12.7 Å². The molecule has 1 fully saturated rings. The highest BCUT2D eigenvalue weighted by Gasteiger charge is 2.18. The average Bonchev–Trinajstić information content (AvgIpc) is 3.10. The van der Waals surface area contributed by atoms with Crippen molar-refractivity contribution in [2.75, 3.05) is 0 Å². The Morgan fingerprint density at radius 3 is 2.76 bits per heavy atom. The van der Waals surface area contributed by atoms with Gasteiger partial charge < -0.3 is 10.1 Å². The molecule has 1 aromatic carbocycles. The standard InChI is InChI=1S/C18H25NOS/c1-13(2)19-11-18-16(12-20-14-7-3-4-8-14)15-9-5-6-10-17(15)21-18/h5-6,9-10,13-14,19H,3-4,7-8,11-12H2,1-2H3. The fraction of sp³-hybridized carbons (Fsp3) is 0.556. The monoisotopic (exact) mass is 303 g/mol. The van der Waals surface area contributed by atoms with Crippen LogP contribution in [-0.2, 0) is 17.9 Å². The van der Waals surface area contributed by atoms with Crippen LogP contribution in [0.25, 0.3) is 10.1 Å². The molecular weight excluding hydrogens is 278 g/mol. The van der Waals surface area contributed by atoms with Crippen LogP contribution in [0.1, 0.15) is 50.0 Å². The summed E-state index contributed by atoms with van der Waals surface area (Å²) in [5.41, 5.74) is 1.40. The molecule has 1 aliphatic carbocycles. The fourth-order valence-electron chi connectivity index (χ4n) is 3.00. The average molecular weight is 303 g/mol. The summed E-state index contributed by atoms with van der Waals surface area (Å²) in [6.45, 7) is 6.11. The fourth-order valence-corrected chi connectivity index (χ4v) is 4.16. The van der Waals surface area contributed by atoms with E-state index in [0.29, 0.717) is 12.1 Å².